The molecule has 0 fully saturated rings. The fraction of sp³-hybridized carbons (Fsp3) is 0.0909. The Balaban J connectivity index is 1.66. The molecule has 0 radical (unpaired) electrons. The van der Waals surface area contributed by atoms with Crippen molar-refractivity contribution in [1.29, 1.82) is 0 Å². The highest BCUT2D eigenvalue weighted by molar-refractivity contribution is 5.97. The largest absolute Gasteiger partial charge is 0.318 e. The molecule has 2 aromatic carbocycles. The number of carbonyl (C=O) groups excluding carboxylic acids is 2. The van der Waals surface area contributed by atoms with Gasteiger partial charge >= 0.3 is 0 Å². The van der Waals surface area contributed by atoms with E-state index in [2.05, 4.69) is 15.4 Å². The number of carbonyl (C=O) groups is 2. The van der Waals surface area contributed by atoms with Crippen molar-refractivity contribution in [2.75, 3.05) is 0 Å². The van der Waals surface area contributed by atoms with Gasteiger partial charge in [-0.1, -0.05) is 36.4 Å². The van der Waals surface area contributed by atoms with Crippen LogP contribution in [0.2, 0.25) is 0 Å². The molecule has 0 spiro atoms. The maximum atomic E-state index is 12.0. The van der Waals surface area contributed by atoms with Crippen LogP contribution in [0, 0.1) is 13.8 Å². The molecular weight excluding hydrogens is 338 g/mol. The highest BCUT2D eigenvalue weighted by atomic mass is 16.2. The van der Waals surface area contributed by atoms with Crippen molar-refractivity contribution in [2.24, 2.45) is 0 Å². The summed E-state index contributed by atoms with van der Waals surface area (Å²) in [5.74, 6) is -0.761. The molecule has 2 amide bonds. The Labute approximate surface area is 158 Å². The topological polar surface area (TPSA) is 63.1 Å². The molecular formula is C22H21N3O2. The Morgan fingerprint density at radius 2 is 1.52 bits per heavy atom. The summed E-state index contributed by atoms with van der Waals surface area (Å²) in [5.41, 5.74) is 9.41. The molecule has 1 heterocycles. The van der Waals surface area contributed by atoms with Crippen molar-refractivity contribution in [3.63, 3.8) is 0 Å². The van der Waals surface area contributed by atoms with Crippen LogP contribution in [0.1, 0.15) is 27.3 Å². The number of benzene rings is 2. The summed E-state index contributed by atoms with van der Waals surface area (Å²) < 4.78 is 2.13. The maximum absolute atomic E-state index is 12.0. The molecule has 1 aromatic heterocycles. The number of amides is 2. The Kier molecular flexibility index (Phi) is 5.52. The van der Waals surface area contributed by atoms with Crippen LogP contribution in [0.5, 0.6) is 0 Å². The molecule has 0 aliphatic rings. The van der Waals surface area contributed by atoms with Crippen LogP contribution in [-0.4, -0.2) is 16.4 Å². The average molecular weight is 359 g/mol. The SMILES string of the molecule is Cc1cc(/C=C/C(=O)NNC(=O)c2ccccc2)c(C)n1-c1ccccc1. The minimum Gasteiger partial charge on any atom is -0.318 e. The van der Waals surface area contributed by atoms with Crippen molar-refractivity contribution >= 4 is 17.9 Å². The summed E-state index contributed by atoms with van der Waals surface area (Å²) >= 11 is 0. The third kappa shape index (κ3) is 4.33. The van der Waals surface area contributed by atoms with Crippen LogP contribution >= 0.6 is 0 Å². The van der Waals surface area contributed by atoms with E-state index in [1.807, 2.05) is 56.3 Å². The lowest BCUT2D eigenvalue weighted by Gasteiger charge is -2.09. The number of rotatable bonds is 4. The molecule has 136 valence electrons. The van der Waals surface area contributed by atoms with E-state index in [9.17, 15) is 9.59 Å². The Morgan fingerprint density at radius 1 is 0.889 bits per heavy atom. The number of nitrogens with one attached hydrogen (secondary N) is 2. The van der Waals surface area contributed by atoms with E-state index >= 15 is 0 Å². The molecule has 0 saturated carbocycles. The van der Waals surface area contributed by atoms with E-state index in [0.29, 0.717) is 5.56 Å². The second kappa shape index (κ2) is 8.19. The van der Waals surface area contributed by atoms with E-state index in [1.54, 1.807) is 30.3 Å². The minimum absolute atomic E-state index is 0.361. The monoisotopic (exact) mass is 359 g/mol. The first-order valence-electron chi connectivity index (χ1n) is 8.64. The first-order chi connectivity index (χ1) is 13.1. The van der Waals surface area contributed by atoms with Crippen LogP contribution in [0.25, 0.3) is 11.8 Å². The first-order valence-corrected chi connectivity index (χ1v) is 8.64. The molecule has 0 aliphatic heterocycles. The van der Waals surface area contributed by atoms with Gasteiger partial charge in [0.2, 0.25) is 0 Å². The van der Waals surface area contributed by atoms with Crippen molar-refractivity contribution < 1.29 is 9.59 Å². The van der Waals surface area contributed by atoms with Crippen molar-refractivity contribution in [3.8, 4) is 5.69 Å². The molecule has 27 heavy (non-hydrogen) atoms. The zero-order valence-electron chi connectivity index (χ0n) is 15.3. The van der Waals surface area contributed by atoms with E-state index in [1.165, 1.54) is 6.08 Å². The quantitative estimate of drug-likeness (QED) is 0.553. The Hall–Kier alpha value is -3.60. The predicted octanol–water partition coefficient (Wildman–Crippen LogP) is 3.57. The number of nitrogens with zero attached hydrogens (tertiary/aromatic N) is 1. The zero-order chi connectivity index (χ0) is 19.2. The summed E-state index contributed by atoms with van der Waals surface area (Å²) in [7, 11) is 0. The molecule has 0 saturated heterocycles. The van der Waals surface area contributed by atoms with Gasteiger partial charge in [0.1, 0.15) is 0 Å². The van der Waals surface area contributed by atoms with Gasteiger partial charge in [0.25, 0.3) is 11.8 Å². The molecule has 0 bridgehead atoms. The second-order valence-corrected chi connectivity index (χ2v) is 6.14. The Morgan fingerprint density at radius 3 is 2.19 bits per heavy atom. The van der Waals surface area contributed by atoms with Gasteiger partial charge in [-0.2, -0.15) is 0 Å². The van der Waals surface area contributed by atoms with Gasteiger partial charge < -0.3 is 4.57 Å². The molecule has 0 atom stereocenters. The summed E-state index contributed by atoms with van der Waals surface area (Å²) in [6, 6.07) is 20.8. The number of para-hydroxylation sites is 1. The van der Waals surface area contributed by atoms with Gasteiger partial charge in [-0.25, -0.2) is 0 Å². The normalized spacial score (nSPS) is 10.7. The van der Waals surface area contributed by atoms with E-state index < -0.39 is 5.91 Å². The van der Waals surface area contributed by atoms with Crippen molar-refractivity contribution in [3.05, 3.63) is 95.3 Å². The maximum Gasteiger partial charge on any atom is 0.269 e. The van der Waals surface area contributed by atoms with Crippen LogP contribution in [0.15, 0.2) is 72.8 Å². The highest BCUT2D eigenvalue weighted by Crippen LogP contribution is 2.21. The highest BCUT2D eigenvalue weighted by Gasteiger charge is 2.09. The van der Waals surface area contributed by atoms with Gasteiger partial charge in [-0.3, -0.25) is 20.4 Å². The summed E-state index contributed by atoms with van der Waals surface area (Å²) in [6.07, 6.45) is 3.15. The van der Waals surface area contributed by atoms with Crippen LogP contribution < -0.4 is 10.9 Å². The standard InChI is InChI=1S/C22H21N3O2/c1-16-15-19(17(2)25(16)20-11-7-4-8-12-20)13-14-21(26)23-24-22(27)18-9-5-3-6-10-18/h3-15H,1-2H3,(H,23,26)(H,24,27)/b14-13+. The number of aromatic nitrogens is 1. The number of hydrogen-bond donors (Lipinski definition) is 2. The fourth-order valence-electron chi connectivity index (χ4n) is 2.92. The average Bonchev–Trinajstić information content (AvgIpc) is 2.99. The molecule has 0 aliphatic carbocycles. The van der Waals surface area contributed by atoms with E-state index in [-0.39, 0.29) is 5.91 Å². The van der Waals surface area contributed by atoms with E-state index in [0.717, 1.165) is 22.6 Å². The van der Waals surface area contributed by atoms with Crippen molar-refractivity contribution in [2.45, 2.75) is 13.8 Å². The molecule has 3 aromatic rings. The van der Waals surface area contributed by atoms with Gasteiger partial charge in [0, 0.05) is 28.7 Å². The number of hydrogen-bond acceptors (Lipinski definition) is 2. The van der Waals surface area contributed by atoms with Crippen LogP contribution in [0.3, 0.4) is 0 Å². The van der Waals surface area contributed by atoms with Crippen LogP contribution in [0.4, 0.5) is 0 Å². The van der Waals surface area contributed by atoms with Gasteiger partial charge in [0.05, 0.1) is 0 Å². The lowest BCUT2D eigenvalue weighted by Crippen LogP contribution is -2.40. The van der Waals surface area contributed by atoms with E-state index in [4.69, 9.17) is 0 Å². The Bertz CT molecular complexity index is 974. The fourth-order valence-corrected chi connectivity index (χ4v) is 2.92. The van der Waals surface area contributed by atoms with Gasteiger partial charge in [-0.05, 0) is 55.8 Å². The second-order valence-electron chi connectivity index (χ2n) is 6.14. The minimum atomic E-state index is -0.399. The summed E-state index contributed by atoms with van der Waals surface area (Å²) in [6.45, 7) is 4.03. The third-order valence-electron chi connectivity index (χ3n) is 4.23. The molecule has 2 N–H and O–H groups in total. The molecule has 5 nitrogen and oxygen atoms in total. The zero-order valence-corrected chi connectivity index (χ0v) is 15.3. The lowest BCUT2D eigenvalue weighted by molar-refractivity contribution is -0.117. The first kappa shape index (κ1) is 18.2. The van der Waals surface area contributed by atoms with Crippen molar-refractivity contribution in [1.82, 2.24) is 15.4 Å². The molecule has 0 unspecified atom stereocenters. The van der Waals surface area contributed by atoms with Gasteiger partial charge in [-0.15, -0.1) is 0 Å². The smallest absolute Gasteiger partial charge is 0.269 e. The van der Waals surface area contributed by atoms with Gasteiger partial charge in [0.15, 0.2) is 0 Å². The number of hydrazine groups is 1. The third-order valence-corrected chi connectivity index (χ3v) is 4.23. The number of aryl methyl sites for hydroxylation is 1. The summed E-state index contributed by atoms with van der Waals surface area (Å²) in [5, 5.41) is 0. The summed E-state index contributed by atoms with van der Waals surface area (Å²) in [4.78, 5) is 23.9. The molecule has 5 heteroatoms. The van der Waals surface area contributed by atoms with Crippen LogP contribution in [-0.2, 0) is 4.79 Å². The lowest BCUT2D eigenvalue weighted by atomic mass is 10.2. The predicted molar refractivity (Wildman–Crippen MR) is 106 cm³/mol. The molecule has 3 rings (SSSR count).